The normalized spacial score (nSPS) is 15.6. The maximum atomic E-state index is 12.6. The summed E-state index contributed by atoms with van der Waals surface area (Å²) >= 11 is 6.26. The Kier molecular flexibility index (Phi) is 5.80. The molecule has 1 aliphatic heterocycles. The lowest BCUT2D eigenvalue weighted by atomic mass is 10.1. The fourth-order valence-electron chi connectivity index (χ4n) is 3.01. The number of hydrogen-bond donors (Lipinski definition) is 1. The number of hydrogen-bond acceptors (Lipinski definition) is 6. The van der Waals surface area contributed by atoms with E-state index < -0.39 is 10.0 Å². The molecule has 0 unspecified atom stereocenters. The highest BCUT2D eigenvalue weighted by Gasteiger charge is 2.24. The van der Waals surface area contributed by atoms with Gasteiger partial charge in [-0.3, -0.25) is 4.79 Å². The molecule has 0 spiro atoms. The van der Waals surface area contributed by atoms with E-state index in [1.165, 1.54) is 25.9 Å². The SMILES string of the molecule is CN(C)S(=O)(=O)c1cccc(-c2nn(-c3ccccc3)cc2/C=C2\SC(=S)NC2=O)c1. The number of benzene rings is 2. The van der Waals surface area contributed by atoms with Crippen LogP contribution in [0.4, 0.5) is 0 Å². The Morgan fingerprint density at radius 1 is 1.13 bits per heavy atom. The zero-order valence-electron chi connectivity index (χ0n) is 16.6. The standard InChI is InChI=1S/C21H18N4O3S3/c1-24(2)31(27,28)17-10-6-7-14(11-17)19-15(12-18-20(26)22-21(29)30-18)13-25(23-19)16-8-4-3-5-9-16/h3-13H,1-2H3,(H,22,26,29)/b18-12-. The van der Waals surface area contributed by atoms with E-state index in [1.807, 2.05) is 30.3 Å². The second kappa shape index (κ2) is 8.39. The Labute approximate surface area is 189 Å². The number of thiocarbonyl (C=S) groups is 1. The number of aromatic nitrogens is 2. The molecule has 158 valence electrons. The molecule has 1 aliphatic rings. The maximum Gasteiger partial charge on any atom is 0.263 e. The van der Waals surface area contributed by atoms with Crippen LogP contribution in [0, 0.1) is 0 Å². The minimum atomic E-state index is -3.61. The van der Waals surface area contributed by atoms with Crippen LogP contribution in [0.3, 0.4) is 0 Å². The van der Waals surface area contributed by atoms with Crippen LogP contribution in [0.2, 0.25) is 0 Å². The Morgan fingerprint density at radius 2 is 1.87 bits per heavy atom. The van der Waals surface area contributed by atoms with Crippen molar-refractivity contribution in [1.82, 2.24) is 19.4 Å². The van der Waals surface area contributed by atoms with Crippen molar-refractivity contribution >= 4 is 50.3 Å². The van der Waals surface area contributed by atoms with Gasteiger partial charge in [-0.1, -0.05) is 54.3 Å². The van der Waals surface area contributed by atoms with Crippen LogP contribution in [0.15, 0.2) is 70.6 Å². The first-order chi connectivity index (χ1) is 14.8. The van der Waals surface area contributed by atoms with Crippen LogP contribution in [-0.4, -0.2) is 46.8 Å². The van der Waals surface area contributed by atoms with Gasteiger partial charge >= 0.3 is 0 Å². The molecule has 0 bridgehead atoms. The van der Waals surface area contributed by atoms with Crippen molar-refractivity contribution in [3.05, 3.63) is 71.3 Å². The van der Waals surface area contributed by atoms with Crippen molar-refractivity contribution in [2.45, 2.75) is 4.90 Å². The summed E-state index contributed by atoms with van der Waals surface area (Å²) in [5, 5.41) is 7.30. The van der Waals surface area contributed by atoms with Crippen molar-refractivity contribution in [2.24, 2.45) is 0 Å². The summed E-state index contributed by atoms with van der Waals surface area (Å²) in [6, 6.07) is 16.1. The summed E-state index contributed by atoms with van der Waals surface area (Å²) in [5.74, 6) is -0.266. The Morgan fingerprint density at radius 3 is 2.52 bits per heavy atom. The van der Waals surface area contributed by atoms with Crippen LogP contribution in [0.5, 0.6) is 0 Å². The van der Waals surface area contributed by atoms with Gasteiger partial charge in [0.05, 0.1) is 15.5 Å². The molecular weight excluding hydrogens is 452 g/mol. The zero-order valence-corrected chi connectivity index (χ0v) is 19.1. The van der Waals surface area contributed by atoms with E-state index in [-0.39, 0.29) is 10.8 Å². The molecule has 1 N–H and O–H groups in total. The third kappa shape index (κ3) is 4.33. The predicted octanol–water partition coefficient (Wildman–Crippen LogP) is 3.28. The first-order valence-electron chi connectivity index (χ1n) is 9.18. The van der Waals surface area contributed by atoms with Crippen molar-refractivity contribution in [2.75, 3.05) is 14.1 Å². The number of carbonyl (C=O) groups excluding carboxylic acids is 1. The molecule has 0 radical (unpaired) electrons. The van der Waals surface area contributed by atoms with Gasteiger partial charge in [-0.25, -0.2) is 17.4 Å². The molecule has 1 fully saturated rings. The predicted molar refractivity (Wildman–Crippen MR) is 126 cm³/mol. The van der Waals surface area contributed by atoms with Gasteiger partial charge in [0.2, 0.25) is 10.0 Å². The Balaban J connectivity index is 1.87. The first-order valence-corrected chi connectivity index (χ1v) is 11.8. The van der Waals surface area contributed by atoms with Gasteiger partial charge < -0.3 is 5.32 Å². The summed E-state index contributed by atoms with van der Waals surface area (Å²) in [6.07, 6.45) is 3.52. The molecule has 31 heavy (non-hydrogen) atoms. The molecule has 2 aromatic carbocycles. The number of para-hydroxylation sites is 1. The fraction of sp³-hybridized carbons (Fsp3) is 0.0952. The van der Waals surface area contributed by atoms with Gasteiger partial charge in [0, 0.05) is 31.4 Å². The molecule has 4 rings (SSSR count). The third-order valence-electron chi connectivity index (χ3n) is 4.58. The van der Waals surface area contributed by atoms with Crippen molar-refractivity contribution in [3.8, 4) is 16.9 Å². The molecule has 3 aromatic rings. The maximum absolute atomic E-state index is 12.6. The topological polar surface area (TPSA) is 84.3 Å². The Hall–Kier alpha value is -2.79. The van der Waals surface area contributed by atoms with Crippen LogP contribution < -0.4 is 5.32 Å². The number of thioether (sulfide) groups is 1. The highest BCUT2D eigenvalue weighted by Crippen LogP contribution is 2.32. The number of nitrogens with zero attached hydrogens (tertiary/aromatic N) is 3. The smallest absolute Gasteiger partial charge is 0.263 e. The Bertz CT molecular complexity index is 1310. The molecule has 0 atom stereocenters. The minimum Gasteiger partial charge on any atom is -0.307 e. The summed E-state index contributed by atoms with van der Waals surface area (Å²) in [5.41, 5.74) is 2.68. The van der Waals surface area contributed by atoms with Crippen LogP contribution >= 0.6 is 24.0 Å². The van der Waals surface area contributed by atoms with Crippen LogP contribution in [0.1, 0.15) is 5.56 Å². The zero-order chi connectivity index (χ0) is 22.2. The van der Waals surface area contributed by atoms with Crippen molar-refractivity contribution in [3.63, 3.8) is 0 Å². The average molecular weight is 471 g/mol. The second-order valence-electron chi connectivity index (χ2n) is 6.88. The van der Waals surface area contributed by atoms with Gasteiger partial charge in [0.15, 0.2) is 0 Å². The molecule has 10 heteroatoms. The van der Waals surface area contributed by atoms with E-state index in [9.17, 15) is 13.2 Å². The van der Waals surface area contributed by atoms with Crippen LogP contribution in [-0.2, 0) is 14.8 Å². The van der Waals surface area contributed by atoms with Crippen molar-refractivity contribution in [1.29, 1.82) is 0 Å². The van der Waals surface area contributed by atoms with Gasteiger partial charge in [-0.05, 0) is 30.3 Å². The van der Waals surface area contributed by atoms with Gasteiger partial charge in [0.1, 0.15) is 10.0 Å². The monoisotopic (exact) mass is 470 g/mol. The molecule has 0 aliphatic carbocycles. The number of rotatable bonds is 5. The van der Waals surface area contributed by atoms with E-state index >= 15 is 0 Å². The van der Waals surface area contributed by atoms with Crippen molar-refractivity contribution < 1.29 is 13.2 Å². The minimum absolute atomic E-state index is 0.164. The molecule has 1 saturated heterocycles. The lowest BCUT2D eigenvalue weighted by molar-refractivity contribution is -0.115. The number of nitrogens with one attached hydrogen (secondary N) is 1. The highest BCUT2D eigenvalue weighted by molar-refractivity contribution is 8.26. The molecule has 0 saturated carbocycles. The lowest BCUT2D eigenvalue weighted by Crippen LogP contribution is -2.22. The molecule has 2 heterocycles. The van der Waals surface area contributed by atoms with E-state index in [0.29, 0.717) is 26.0 Å². The van der Waals surface area contributed by atoms with E-state index in [2.05, 4.69) is 5.32 Å². The summed E-state index contributed by atoms with van der Waals surface area (Å²) in [6.45, 7) is 0. The van der Waals surface area contributed by atoms with E-state index in [0.717, 1.165) is 9.99 Å². The molecule has 7 nitrogen and oxygen atoms in total. The first kappa shape index (κ1) is 21.4. The van der Waals surface area contributed by atoms with Gasteiger partial charge in [-0.15, -0.1) is 0 Å². The fourth-order valence-corrected chi connectivity index (χ4v) is 4.99. The van der Waals surface area contributed by atoms with Gasteiger partial charge in [-0.2, -0.15) is 5.10 Å². The van der Waals surface area contributed by atoms with Gasteiger partial charge in [0.25, 0.3) is 5.91 Å². The second-order valence-corrected chi connectivity index (χ2v) is 10.8. The summed E-state index contributed by atoms with van der Waals surface area (Å²) < 4.78 is 28.5. The largest absolute Gasteiger partial charge is 0.307 e. The number of sulfonamides is 1. The number of carbonyl (C=O) groups is 1. The lowest BCUT2D eigenvalue weighted by Gasteiger charge is -2.12. The summed E-state index contributed by atoms with van der Waals surface area (Å²) in [4.78, 5) is 12.8. The highest BCUT2D eigenvalue weighted by atomic mass is 32.2. The third-order valence-corrected chi connectivity index (χ3v) is 7.55. The van der Waals surface area contributed by atoms with E-state index in [1.54, 1.807) is 41.2 Å². The molecule has 1 amide bonds. The number of amides is 1. The van der Waals surface area contributed by atoms with Crippen LogP contribution in [0.25, 0.3) is 23.0 Å². The quantitative estimate of drug-likeness (QED) is 0.455. The molecule has 1 aromatic heterocycles. The molecular formula is C21H18N4O3S3. The average Bonchev–Trinajstić information content (AvgIpc) is 3.31. The summed E-state index contributed by atoms with van der Waals surface area (Å²) in [7, 11) is -0.632. The van der Waals surface area contributed by atoms with E-state index in [4.69, 9.17) is 17.3 Å².